The SMILES string of the molecule is C=C/C(=C\C(OC)=C(/C)c1cn[nH]c1)N1CCC2(CCN(C(=O)c3cnc(OC)nc3)CC2)C1=O. The highest BCUT2D eigenvalue weighted by atomic mass is 16.5. The number of amides is 2. The molecule has 0 radical (unpaired) electrons. The quantitative estimate of drug-likeness (QED) is 0.481. The summed E-state index contributed by atoms with van der Waals surface area (Å²) in [6.45, 7) is 7.47. The lowest BCUT2D eigenvalue weighted by atomic mass is 9.77. The van der Waals surface area contributed by atoms with Gasteiger partial charge in [0.15, 0.2) is 0 Å². The number of carbonyl (C=O) groups is 2. The number of carbonyl (C=O) groups excluding carboxylic acids is 2. The number of piperidine rings is 1. The van der Waals surface area contributed by atoms with Gasteiger partial charge in [-0.05, 0) is 32.3 Å². The molecule has 35 heavy (non-hydrogen) atoms. The summed E-state index contributed by atoms with van der Waals surface area (Å²) < 4.78 is 10.6. The van der Waals surface area contributed by atoms with E-state index in [-0.39, 0.29) is 17.8 Å². The van der Waals surface area contributed by atoms with Crippen LogP contribution in [0.4, 0.5) is 0 Å². The van der Waals surface area contributed by atoms with Crippen molar-refractivity contribution in [1.82, 2.24) is 30.0 Å². The zero-order valence-corrected chi connectivity index (χ0v) is 20.3. The summed E-state index contributed by atoms with van der Waals surface area (Å²) in [7, 11) is 3.08. The van der Waals surface area contributed by atoms with Crippen LogP contribution in [0, 0.1) is 5.41 Å². The van der Waals surface area contributed by atoms with Crippen LogP contribution in [0.15, 0.2) is 55.0 Å². The fourth-order valence-electron chi connectivity index (χ4n) is 4.68. The van der Waals surface area contributed by atoms with Crippen molar-refractivity contribution in [2.75, 3.05) is 33.9 Å². The van der Waals surface area contributed by atoms with Crippen LogP contribution >= 0.6 is 0 Å². The van der Waals surface area contributed by atoms with Crippen LogP contribution in [0.3, 0.4) is 0 Å². The molecule has 0 bridgehead atoms. The van der Waals surface area contributed by atoms with Gasteiger partial charge in [0.1, 0.15) is 5.76 Å². The first-order chi connectivity index (χ1) is 16.9. The summed E-state index contributed by atoms with van der Waals surface area (Å²) in [6, 6.07) is 0.216. The average molecular weight is 479 g/mol. The van der Waals surface area contributed by atoms with E-state index < -0.39 is 5.41 Å². The second-order valence-electron chi connectivity index (χ2n) is 8.69. The van der Waals surface area contributed by atoms with Gasteiger partial charge in [-0.25, -0.2) is 9.97 Å². The molecule has 4 heterocycles. The van der Waals surface area contributed by atoms with Crippen LogP contribution in [-0.4, -0.2) is 75.6 Å². The molecule has 1 N–H and O–H groups in total. The van der Waals surface area contributed by atoms with Gasteiger partial charge in [-0.2, -0.15) is 5.10 Å². The van der Waals surface area contributed by atoms with Gasteiger partial charge in [0.25, 0.3) is 5.91 Å². The molecule has 0 aliphatic carbocycles. The van der Waals surface area contributed by atoms with Gasteiger partial charge in [0.05, 0.1) is 31.4 Å². The normalized spacial score (nSPS) is 18.5. The maximum Gasteiger partial charge on any atom is 0.316 e. The molecule has 0 saturated carbocycles. The number of methoxy groups -OCH3 is 2. The number of aromatic amines is 1. The summed E-state index contributed by atoms with van der Waals surface area (Å²) in [5.74, 6) is 0.568. The average Bonchev–Trinajstić information content (AvgIpc) is 3.54. The van der Waals surface area contributed by atoms with Crippen LogP contribution in [-0.2, 0) is 9.53 Å². The summed E-state index contributed by atoms with van der Waals surface area (Å²) in [6.07, 6.45) is 11.9. The molecule has 2 aromatic rings. The minimum atomic E-state index is -0.480. The van der Waals surface area contributed by atoms with Crippen molar-refractivity contribution in [3.8, 4) is 6.01 Å². The van der Waals surface area contributed by atoms with Gasteiger partial charge in [-0.15, -0.1) is 0 Å². The topological polar surface area (TPSA) is 114 Å². The predicted molar refractivity (Wildman–Crippen MR) is 129 cm³/mol. The number of rotatable bonds is 7. The molecule has 2 fully saturated rings. The number of hydrogen-bond acceptors (Lipinski definition) is 7. The fraction of sp³-hybridized carbons (Fsp3) is 0.400. The van der Waals surface area contributed by atoms with Gasteiger partial charge in [0.2, 0.25) is 5.91 Å². The Labute approximate surface area is 204 Å². The second-order valence-corrected chi connectivity index (χ2v) is 8.69. The molecule has 2 aromatic heterocycles. The van der Waals surface area contributed by atoms with E-state index >= 15 is 0 Å². The lowest BCUT2D eigenvalue weighted by Gasteiger charge is -2.38. The van der Waals surface area contributed by atoms with Crippen LogP contribution in [0.2, 0.25) is 0 Å². The molecule has 1 spiro atoms. The zero-order valence-electron chi connectivity index (χ0n) is 20.3. The first-order valence-corrected chi connectivity index (χ1v) is 11.5. The standard InChI is InChI=1S/C25H30N6O4/c1-5-20(12-21(34-3)17(2)18-15-28-29-16-18)31-11-8-25(23(31)33)6-9-30(10-7-25)22(32)19-13-26-24(35-4)27-14-19/h5,12-16H,1,6-11H2,2-4H3,(H,28,29)/b20-12+,21-17-. The number of nitrogens with zero attached hydrogens (tertiary/aromatic N) is 5. The van der Waals surface area contributed by atoms with E-state index in [9.17, 15) is 9.59 Å². The zero-order chi connectivity index (χ0) is 25.0. The van der Waals surface area contributed by atoms with Gasteiger partial charge in [-0.1, -0.05) is 6.58 Å². The fourth-order valence-corrected chi connectivity index (χ4v) is 4.68. The minimum Gasteiger partial charge on any atom is -0.496 e. The van der Waals surface area contributed by atoms with E-state index in [0.717, 1.165) is 17.6 Å². The first kappa shape index (κ1) is 24.2. The van der Waals surface area contributed by atoms with Gasteiger partial charge >= 0.3 is 6.01 Å². The van der Waals surface area contributed by atoms with Crippen molar-refractivity contribution in [3.05, 3.63) is 66.1 Å². The Morgan fingerprint density at radius 3 is 2.37 bits per heavy atom. The van der Waals surface area contributed by atoms with Crippen molar-refractivity contribution < 1.29 is 19.1 Å². The van der Waals surface area contributed by atoms with Crippen LogP contribution < -0.4 is 4.74 Å². The monoisotopic (exact) mass is 478 g/mol. The Kier molecular flexibility index (Phi) is 6.99. The molecule has 184 valence electrons. The van der Waals surface area contributed by atoms with E-state index in [1.165, 1.54) is 19.5 Å². The first-order valence-electron chi connectivity index (χ1n) is 11.5. The maximum absolute atomic E-state index is 13.6. The summed E-state index contributed by atoms with van der Waals surface area (Å²) in [4.78, 5) is 38.1. The molecular weight excluding hydrogens is 448 g/mol. The highest BCUT2D eigenvalue weighted by Gasteiger charge is 2.49. The highest BCUT2D eigenvalue weighted by molar-refractivity contribution is 5.94. The summed E-state index contributed by atoms with van der Waals surface area (Å²) in [5.41, 5.74) is 2.43. The Morgan fingerprint density at radius 2 is 1.80 bits per heavy atom. The number of allylic oxidation sites excluding steroid dienone is 3. The number of likely N-dealkylation sites (tertiary alicyclic amines) is 2. The molecule has 2 amide bonds. The number of ether oxygens (including phenoxy) is 2. The van der Waals surface area contributed by atoms with Crippen molar-refractivity contribution >= 4 is 17.4 Å². The number of nitrogens with one attached hydrogen (secondary N) is 1. The smallest absolute Gasteiger partial charge is 0.316 e. The van der Waals surface area contributed by atoms with Gasteiger partial charge in [0, 0.05) is 61.1 Å². The summed E-state index contributed by atoms with van der Waals surface area (Å²) in [5, 5.41) is 6.79. The van der Waals surface area contributed by atoms with Gasteiger partial charge in [-0.3, -0.25) is 14.7 Å². The van der Waals surface area contributed by atoms with Crippen molar-refractivity contribution in [2.24, 2.45) is 5.41 Å². The van der Waals surface area contributed by atoms with Crippen LogP contribution in [0.1, 0.15) is 42.1 Å². The van der Waals surface area contributed by atoms with Crippen LogP contribution in [0.5, 0.6) is 6.01 Å². The molecule has 0 atom stereocenters. The lowest BCUT2D eigenvalue weighted by molar-refractivity contribution is -0.136. The third-order valence-electron chi connectivity index (χ3n) is 6.90. The molecule has 0 aromatic carbocycles. The van der Waals surface area contributed by atoms with E-state index in [2.05, 4.69) is 26.7 Å². The Balaban J connectivity index is 1.47. The maximum atomic E-state index is 13.6. The van der Waals surface area contributed by atoms with E-state index in [0.29, 0.717) is 49.5 Å². The van der Waals surface area contributed by atoms with Crippen LogP contribution in [0.25, 0.3) is 5.57 Å². The second kappa shape index (κ2) is 10.1. The number of aromatic nitrogens is 4. The largest absolute Gasteiger partial charge is 0.496 e. The number of hydrogen-bond donors (Lipinski definition) is 1. The van der Waals surface area contributed by atoms with E-state index in [4.69, 9.17) is 9.47 Å². The number of H-pyrrole nitrogens is 1. The molecule has 10 nitrogen and oxygen atoms in total. The van der Waals surface area contributed by atoms with E-state index in [1.54, 1.807) is 35.4 Å². The Bertz CT molecular complexity index is 1150. The Hall–Kier alpha value is -3.95. The van der Waals surface area contributed by atoms with Crippen molar-refractivity contribution in [2.45, 2.75) is 26.2 Å². The molecule has 4 rings (SSSR count). The lowest BCUT2D eigenvalue weighted by Crippen LogP contribution is -2.46. The van der Waals surface area contributed by atoms with Crippen molar-refractivity contribution in [3.63, 3.8) is 0 Å². The Morgan fingerprint density at radius 1 is 1.11 bits per heavy atom. The summed E-state index contributed by atoms with van der Waals surface area (Å²) >= 11 is 0. The molecule has 2 saturated heterocycles. The van der Waals surface area contributed by atoms with Crippen molar-refractivity contribution in [1.29, 1.82) is 0 Å². The van der Waals surface area contributed by atoms with E-state index in [1.807, 2.05) is 13.0 Å². The molecule has 2 aliphatic rings. The molecule has 0 unspecified atom stereocenters. The van der Waals surface area contributed by atoms with Gasteiger partial charge < -0.3 is 19.3 Å². The third kappa shape index (κ3) is 4.68. The highest BCUT2D eigenvalue weighted by Crippen LogP contribution is 2.43. The molecular formula is C25H30N6O4. The molecule has 2 aliphatic heterocycles. The third-order valence-corrected chi connectivity index (χ3v) is 6.90. The molecule has 10 heteroatoms. The predicted octanol–water partition coefficient (Wildman–Crippen LogP) is 2.81. The minimum absolute atomic E-state index is 0.0694.